The van der Waals surface area contributed by atoms with Gasteiger partial charge in [0.05, 0.1) is 26.9 Å². The number of methoxy groups -OCH3 is 3. The van der Waals surface area contributed by atoms with Gasteiger partial charge in [-0.15, -0.1) is 0 Å². The molecule has 0 saturated carbocycles. The minimum atomic E-state index is -0.194. The van der Waals surface area contributed by atoms with Crippen LogP contribution >= 0.6 is 11.6 Å². The molecule has 0 unspecified atom stereocenters. The first-order valence-corrected chi connectivity index (χ1v) is 5.70. The number of ketones is 1. The van der Waals surface area contributed by atoms with Crippen LogP contribution in [0.4, 0.5) is 0 Å². The van der Waals surface area contributed by atoms with Gasteiger partial charge in [-0.25, -0.2) is 0 Å². The Morgan fingerprint density at radius 3 is 2.28 bits per heavy atom. The van der Waals surface area contributed by atoms with Crippen LogP contribution in [0.25, 0.3) is 0 Å². The topological polar surface area (TPSA) is 70.8 Å². The van der Waals surface area contributed by atoms with E-state index in [-0.39, 0.29) is 29.3 Å². The minimum absolute atomic E-state index is 0.173. The molecule has 0 aliphatic rings. The highest BCUT2D eigenvalue weighted by molar-refractivity contribution is 6.36. The highest BCUT2D eigenvalue weighted by atomic mass is 35.5. The lowest BCUT2D eigenvalue weighted by molar-refractivity contribution is 0.0982. The van der Waals surface area contributed by atoms with Crippen molar-refractivity contribution in [2.45, 2.75) is 6.42 Å². The third-order valence-corrected chi connectivity index (χ3v) is 2.81. The van der Waals surface area contributed by atoms with E-state index in [4.69, 9.17) is 31.5 Å². The van der Waals surface area contributed by atoms with Crippen molar-refractivity contribution in [3.63, 3.8) is 0 Å². The van der Waals surface area contributed by atoms with E-state index in [0.29, 0.717) is 17.2 Å². The summed E-state index contributed by atoms with van der Waals surface area (Å²) >= 11 is 6.16. The largest absolute Gasteiger partial charge is 0.496 e. The number of ether oxygens (including phenoxy) is 3. The monoisotopic (exact) mass is 273 g/mol. The van der Waals surface area contributed by atoms with E-state index in [9.17, 15) is 4.79 Å². The molecule has 0 bridgehead atoms. The van der Waals surface area contributed by atoms with Gasteiger partial charge in [0.25, 0.3) is 0 Å². The van der Waals surface area contributed by atoms with Crippen molar-refractivity contribution in [2.24, 2.45) is 5.73 Å². The Bertz CT molecular complexity index is 448. The zero-order valence-corrected chi connectivity index (χ0v) is 11.3. The Hall–Kier alpha value is -1.46. The Labute approximate surface area is 111 Å². The summed E-state index contributed by atoms with van der Waals surface area (Å²) in [6.45, 7) is 0.243. The molecule has 0 aliphatic carbocycles. The van der Waals surface area contributed by atoms with Gasteiger partial charge < -0.3 is 19.9 Å². The lowest BCUT2D eigenvalue weighted by Crippen LogP contribution is -2.11. The van der Waals surface area contributed by atoms with Crippen molar-refractivity contribution in [3.8, 4) is 17.2 Å². The molecule has 18 heavy (non-hydrogen) atoms. The standard InChI is InChI=1S/C12H16ClNO4/c1-16-8-6-9(17-2)12(18-3)11(13)10(8)7(15)4-5-14/h6H,4-5,14H2,1-3H3. The van der Waals surface area contributed by atoms with Crippen molar-refractivity contribution >= 4 is 17.4 Å². The smallest absolute Gasteiger partial charge is 0.180 e. The predicted molar refractivity (Wildman–Crippen MR) is 69.1 cm³/mol. The molecule has 0 radical (unpaired) electrons. The number of Topliss-reactive ketones (excluding diaryl/α,β-unsaturated/α-hetero) is 1. The van der Waals surface area contributed by atoms with Gasteiger partial charge >= 0.3 is 0 Å². The summed E-state index contributed by atoms with van der Waals surface area (Å²) < 4.78 is 15.4. The summed E-state index contributed by atoms with van der Waals surface area (Å²) in [5.74, 6) is 0.861. The van der Waals surface area contributed by atoms with E-state index in [0.717, 1.165) is 0 Å². The third-order valence-electron chi connectivity index (χ3n) is 2.45. The Morgan fingerprint density at radius 1 is 1.22 bits per heavy atom. The molecule has 5 nitrogen and oxygen atoms in total. The van der Waals surface area contributed by atoms with Crippen LogP contribution in [0.1, 0.15) is 16.8 Å². The van der Waals surface area contributed by atoms with Gasteiger partial charge in [-0.05, 0) is 6.54 Å². The van der Waals surface area contributed by atoms with Gasteiger partial charge in [0.2, 0.25) is 0 Å². The second-order valence-corrected chi connectivity index (χ2v) is 3.84. The van der Waals surface area contributed by atoms with Crippen LogP contribution in [-0.2, 0) is 0 Å². The molecule has 1 aromatic rings. The van der Waals surface area contributed by atoms with Gasteiger partial charge in [-0.2, -0.15) is 0 Å². The maximum absolute atomic E-state index is 12.0. The number of halogens is 1. The molecular weight excluding hydrogens is 258 g/mol. The first-order valence-electron chi connectivity index (χ1n) is 5.32. The van der Waals surface area contributed by atoms with Crippen LogP contribution < -0.4 is 19.9 Å². The molecule has 0 aliphatic heterocycles. The molecule has 2 N–H and O–H groups in total. The highest BCUT2D eigenvalue weighted by Crippen LogP contribution is 2.43. The van der Waals surface area contributed by atoms with Gasteiger partial charge in [0.15, 0.2) is 17.3 Å². The zero-order valence-electron chi connectivity index (χ0n) is 10.6. The van der Waals surface area contributed by atoms with E-state index in [1.165, 1.54) is 21.3 Å². The summed E-state index contributed by atoms with van der Waals surface area (Å²) in [6, 6.07) is 1.56. The molecule has 0 atom stereocenters. The summed E-state index contributed by atoms with van der Waals surface area (Å²) in [6.07, 6.45) is 0.186. The fourth-order valence-corrected chi connectivity index (χ4v) is 1.97. The number of hydrogen-bond donors (Lipinski definition) is 1. The van der Waals surface area contributed by atoms with Crippen molar-refractivity contribution in [2.75, 3.05) is 27.9 Å². The fraction of sp³-hybridized carbons (Fsp3) is 0.417. The Balaban J connectivity index is 3.43. The van der Waals surface area contributed by atoms with Crippen molar-refractivity contribution in [3.05, 3.63) is 16.7 Å². The van der Waals surface area contributed by atoms with Crippen LogP contribution in [-0.4, -0.2) is 33.7 Å². The second-order valence-electron chi connectivity index (χ2n) is 3.47. The average Bonchev–Trinajstić information content (AvgIpc) is 2.37. The van der Waals surface area contributed by atoms with Gasteiger partial charge in [-0.1, -0.05) is 11.6 Å². The average molecular weight is 274 g/mol. The molecule has 1 rings (SSSR count). The van der Waals surface area contributed by atoms with Gasteiger partial charge in [0, 0.05) is 12.5 Å². The second kappa shape index (κ2) is 6.47. The quantitative estimate of drug-likeness (QED) is 0.802. The van der Waals surface area contributed by atoms with Crippen LogP contribution in [0.2, 0.25) is 5.02 Å². The first-order chi connectivity index (χ1) is 8.60. The van der Waals surface area contributed by atoms with Crippen LogP contribution in [0.5, 0.6) is 17.2 Å². The van der Waals surface area contributed by atoms with Crippen LogP contribution in [0.3, 0.4) is 0 Å². The molecule has 0 amide bonds. The lowest BCUT2D eigenvalue weighted by atomic mass is 10.1. The van der Waals surface area contributed by atoms with Crippen molar-refractivity contribution in [1.29, 1.82) is 0 Å². The highest BCUT2D eigenvalue weighted by Gasteiger charge is 2.23. The molecule has 1 aromatic carbocycles. The summed E-state index contributed by atoms with van der Waals surface area (Å²) in [5.41, 5.74) is 5.64. The van der Waals surface area contributed by atoms with E-state index in [1.807, 2.05) is 0 Å². The Morgan fingerprint density at radius 2 is 1.83 bits per heavy atom. The van der Waals surface area contributed by atoms with E-state index in [2.05, 4.69) is 0 Å². The maximum atomic E-state index is 12.0. The zero-order chi connectivity index (χ0) is 13.7. The van der Waals surface area contributed by atoms with Gasteiger partial charge in [0.1, 0.15) is 10.8 Å². The summed E-state index contributed by atoms with van der Waals surface area (Å²) in [7, 11) is 4.39. The molecule has 0 heterocycles. The van der Waals surface area contributed by atoms with Crippen molar-refractivity contribution in [1.82, 2.24) is 0 Å². The SMILES string of the molecule is COc1cc(OC)c(C(=O)CCN)c(Cl)c1OC. The lowest BCUT2D eigenvalue weighted by Gasteiger charge is -2.15. The minimum Gasteiger partial charge on any atom is -0.496 e. The number of nitrogens with two attached hydrogens (primary N) is 1. The van der Waals surface area contributed by atoms with E-state index >= 15 is 0 Å². The maximum Gasteiger partial charge on any atom is 0.180 e. The summed E-state index contributed by atoms with van der Waals surface area (Å²) in [4.78, 5) is 12.0. The molecule has 100 valence electrons. The number of rotatable bonds is 6. The van der Waals surface area contributed by atoms with Crippen LogP contribution in [0.15, 0.2) is 6.07 Å². The molecule has 0 saturated heterocycles. The number of carbonyl (C=O) groups is 1. The Kier molecular flexibility index (Phi) is 5.25. The molecule has 0 fully saturated rings. The summed E-state index contributed by atoms with van der Waals surface area (Å²) in [5, 5.41) is 0.173. The van der Waals surface area contributed by atoms with E-state index in [1.54, 1.807) is 6.07 Å². The van der Waals surface area contributed by atoms with Crippen LogP contribution in [0, 0.1) is 0 Å². The fourth-order valence-electron chi connectivity index (χ4n) is 1.61. The molecular formula is C12H16ClNO4. The number of hydrogen-bond acceptors (Lipinski definition) is 5. The van der Waals surface area contributed by atoms with E-state index < -0.39 is 0 Å². The normalized spacial score (nSPS) is 10.1. The molecule has 0 aromatic heterocycles. The van der Waals surface area contributed by atoms with Crippen molar-refractivity contribution < 1.29 is 19.0 Å². The molecule has 6 heteroatoms. The van der Waals surface area contributed by atoms with Gasteiger partial charge in [-0.3, -0.25) is 4.79 Å². The third kappa shape index (κ3) is 2.68. The number of carbonyl (C=O) groups excluding carboxylic acids is 1. The number of benzene rings is 1. The molecule has 0 spiro atoms. The first kappa shape index (κ1) is 14.6. The predicted octanol–water partition coefficient (Wildman–Crippen LogP) is 1.90.